The van der Waals surface area contributed by atoms with Crippen LogP contribution in [0.5, 0.6) is 0 Å². The SMILES string of the molecule is CCCCN(C)C(=O)Cc1sc(-c2ccc(F)cc2)nc1C. The summed E-state index contributed by atoms with van der Waals surface area (Å²) in [5, 5.41) is 0.830. The van der Waals surface area contributed by atoms with E-state index in [4.69, 9.17) is 0 Å². The lowest BCUT2D eigenvalue weighted by molar-refractivity contribution is -0.129. The van der Waals surface area contributed by atoms with Crippen molar-refractivity contribution in [2.24, 2.45) is 0 Å². The molecule has 3 nitrogen and oxygen atoms in total. The lowest BCUT2D eigenvalue weighted by Crippen LogP contribution is -2.29. The van der Waals surface area contributed by atoms with E-state index in [-0.39, 0.29) is 11.7 Å². The first kappa shape index (κ1) is 16.6. The van der Waals surface area contributed by atoms with Crippen LogP contribution < -0.4 is 0 Å². The van der Waals surface area contributed by atoms with Crippen molar-refractivity contribution in [1.82, 2.24) is 9.88 Å². The Hall–Kier alpha value is -1.75. The van der Waals surface area contributed by atoms with E-state index < -0.39 is 0 Å². The average Bonchev–Trinajstić information content (AvgIpc) is 2.86. The number of likely N-dealkylation sites (N-methyl/N-ethyl adjacent to an activating group) is 1. The number of rotatable bonds is 6. The van der Waals surface area contributed by atoms with E-state index in [0.717, 1.165) is 40.5 Å². The molecule has 118 valence electrons. The molecule has 0 bridgehead atoms. The molecule has 1 amide bonds. The van der Waals surface area contributed by atoms with Gasteiger partial charge in [0.15, 0.2) is 0 Å². The summed E-state index contributed by atoms with van der Waals surface area (Å²) >= 11 is 1.51. The standard InChI is InChI=1S/C17H21FN2OS/c1-4-5-10-20(3)16(21)11-15-12(2)19-17(22-15)13-6-8-14(18)9-7-13/h6-9H,4-5,10-11H2,1-3H3. The van der Waals surface area contributed by atoms with E-state index in [2.05, 4.69) is 11.9 Å². The molecule has 1 aromatic carbocycles. The van der Waals surface area contributed by atoms with Crippen LogP contribution in [0.25, 0.3) is 10.6 Å². The number of hydrogen-bond donors (Lipinski definition) is 0. The molecule has 0 saturated carbocycles. The molecular weight excluding hydrogens is 299 g/mol. The largest absolute Gasteiger partial charge is 0.345 e. The van der Waals surface area contributed by atoms with Crippen molar-refractivity contribution in [3.63, 3.8) is 0 Å². The molecule has 0 aliphatic rings. The van der Waals surface area contributed by atoms with E-state index >= 15 is 0 Å². The van der Waals surface area contributed by atoms with E-state index in [1.54, 1.807) is 17.0 Å². The monoisotopic (exact) mass is 320 g/mol. The van der Waals surface area contributed by atoms with Gasteiger partial charge in [0, 0.05) is 24.0 Å². The zero-order valence-electron chi connectivity index (χ0n) is 13.2. The normalized spacial score (nSPS) is 10.7. The van der Waals surface area contributed by atoms with Gasteiger partial charge in [-0.3, -0.25) is 4.79 Å². The molecule has 1 heterocycles. The molecule has 2 rings (SSSR count). The first-order chi connectivity index (χ1) is 10.5. The van der Waals surface area contributed by atoms with Crippen LogP contribution in [0.3, 0.4) is 0 Å². The molecular formula is C17H21FN2OS. The second kappa shape index (κ2) is 7.49. The number of aryl methyl sites for hydroxylation is 1. The van der Waals surface area contributed by atoms with Crippen LogP contribution in [-0.4, -0.2) is 29.4 Å². The van der Waals surface area contributed by atoms with Crippen molar-refractivity contribution in [2.75, 3.05) is 13.6 Å². The maximum Gasteiger partial charge on any atom is 0.227 e. The Kier molecular flexibility index (Phi) is 5.66. The van der Waals surface area contributed by atoms with E-state index in [0.29, 0.717) is 6.42 Å². The van der Waals surface area contributed by atoms with Gasteiger partial charge < -0.3 is 4.90 Å². The zero-order valence-corrected chi connectivity index (χ0v) is 14.0. The fourth-order valence-electron chi connectivity index (χ4n) is 2.10. The molecule has 0 aliphatic carbocycles. The van der Waals surface area contributed by atoms with Crippen molar-refractivity contribution in [1.29, 1.82) is 0 Å². The summed E-state index contributed by atoms with van der Waals surface area (Å²) < 4.78 is 13.0. The third kappa shape index (κ3) is 4.13. The first-order valence-electron chi connectivity index (χ1n) is 7.47. The number of carbonyl (C=O) groups excluding carboxylic acids is 1. The third-order valence-corrected chi connectivity index (χ3v) is 4.77. The van der Waals surface area contributed by atoms with Crippen LogP contribution in [0, 0.1) is 12.7 Å². The molecule has 0 saturated heterocycles. The minimum atomic E-state index is -0.259. The van der Waals surface area contributed by atoms with Crippen molar-refractivity contribution < 1.29 is 9.18 Å². The molecule has 0 aliphatic heterocycles. The number of carbonyl (C=O) groups is 1. The number of benzene rings is 1. The minimum absolute atomic E-state index is 0.117. The fraction of sp³-hybridized carbons (Fsp3) is 0.412. The van der Waals surface area contributed by atoms with Gasteiger partial charge in [0.25, 0.3) is 0 Å². The van der Waals surface area contributed by atoms with Crippen molar-refractivity contribution in [3.05, 3.63) is 40.7 Å². The number of thiazole rings is 1. The molecule has 0 N–H and O–H groups in total. The Morgan fingerprint density at radius 3 is 2.64 bits per heavy atom. The van der Waals surface area contributed by atoms with Gasteiger partial charge >= 0.3 is 0 Å². The topological polar surface area (TPSA) is 33.2 Å². The van der Waals surface area contributed by atoms with Crippen LogP contribution in [-0.2, 0) is 11.2 Å². The Morgan fingerprint density at radius 1 is 1.32 bits per heavy atom. The lowest BCUT2D eigenvalue weighted by atomic mass is 10.2. The van der Waals surface area contributed by atoms with Gasteiger partial charge in [0.05, 0.1) is 12.1 Å². The van der Waals surface area contributed by atoms with E-state index in [9.17, 15) is 9.18 Å². The Balaban J connectivity index is 2.10. The number of hydrogen-bond acceptors (Lipinski definition) is 3. The molecule has 0 atom stereocenters. The highest BCUT2D eigenvalue weighted by Crippen LogP contribution is 2.28. The summed E-state index contributed by atoms with van der Waals surface area (Å²) in [6.07, 6.45) is 2.47. The van der Waals surface area contributed by atoms with Crippen LogP contribution in [0.4, 0.5) is 4.39 Å². The highest BCUT2D eigenvalue weighted by atomic mass is 32.1. The number of halogens is 1. The minimum Gasteiger partial charge on any atom is -0.345 e. The van der Waals surface area contributed by atoms with Crippen LogP contribution in [0.15, 0.2) is 24.3 Å². The molecule has 0 radical (unpaired) electrons. The van der Waals surface area contributed by atoms with E-state index in [1.165, 1.54) is 23.5 Å². The van der Waals surface area contributed by atoms with Gasteiger partial charge in [-0.05, 0) is 37.6 Å². The van der Waals surface area contributed by atoms with E-state index in [1.807, 2.05) is 14.0 Å². The van der Waals surface area contributed by atoms with Gasteiger partial charge in [0.1, 0.15) is 10.8 Å². The van der Waals surface area contributed by atoms with Crippen molar-refractivity contribution in [2.45, 2.75) is 33.1 Å². The summed E-state index contributed by atoms with van der Waals surface area (Å²) in [7, 11) is 1.84. The maximum absolute atomic E-state index is 13.0. The first-order valence-corrected chi connectivity index (χ1v) is 8.29. The van der Waals surface area contributed by atoms with Gasteiger partial charge in [-0.15, -0.1) is 11.3 Å². The second-order valence-corrected chi connectivity index (χ2v) is 6.46. The second-order valence-electron chi connectivity index (χ2n) is 5.38. The number of unbranched alkanes of at least 4 members (excludes halogenated alkanes) is 1. The van der Waals surface area contributed by atoms with Crippen LogP contribution >= 0.6 is 11.3 Å². The van der Waals surface area contributed by atoms with Crippen LogP contribution in [0.2, 0.25) is 0 Å². The fourth-order valence-corrected chi connectivity index (χ4v) is 3.16. The highest BCUT2D eigenvalue weighted by Gasteiger charge is 2.15. The Bertz CT molecular complexity index is 637. The smallest absolute Gasteiger partial charge is 0.227 e. The number of nitrogens with zero attached hydrogens (tertiary/aromatic N) is 2. The molecule has 0 spiro atoms. The summed E-state index contributed by atoms with van der Waals surface area (Å²) in [6.45, 7) is 4.82. The molecule has 0 unspecified atom stereocenters. The van der Waals surface area contributed by atoms with Crippen molar-refractivity contribution >= 4 is 17.2 Å². The quantitative estimate of drug-likeness (QED) is 0.804. The maximum atomic E-state index is 13.0. The summed E-state index contributed by atoms with van der Waals surface area (Å²) in [5.41, 5.74) is 1.76. The summed E-state index contributed by atoms with van der Waals surface area (Å²) in [4.78, 5) is 19.5. The molecule has 22 heavy (non-hydrogen) atoms. The Labute approximate surface area is 134 Å². The predicted octanol–water partition coefficient (Wildman–Crippen LogP) is 4.06. The number of amides is 1. The lowest BCUT2D eigenvalue weighted by Gasteiger charge is -2.16. The molecule has 0 fully saturated rings. The van der Waals surface area contributed by atoms with Crippen molar-refractivity contribution in [3.8, 4) is 10.6 Å². The zero-order chi connectivity index (χ0) is 16.1. The molecule has 2 aromatic rings. The highest BCUT2D eigenvalue weighted by molar-refractivity contribution is 7.15. The van der Waals surface area contributed by atoms with Crippen LogP contribution in [0.1, 0.15) is 30.3 Å². The van der Waals surface area contributed by atoms with Gasteiger partial charge in [-0.1, -0.05) is 13.3 Å². The average molecular weight is 320 g/mol. The van der Waals surface area contributed by atoms with Gasteiger partial charge in [-0.25, -0.2) is 9.37 Å². The molecule has 5 heteroatoms. The summed E-state index contributed by atoms with van der Waals surface area (Å²) in [5.74, 6) is -0.143. The number of aromatic nitrogens is 1. The van der Waals surface area contributed by atoms with Gasteiger partial charge in [-0.2, -0.15) is 0 Å². The predicted molar refractivity (Wildman–Crippen MR) is 88.5 cm³/mol. The third-order valence-electron chi connectivity index (χ3n) is 3.57. The summed E-state index contributed by atoms with van der Waals surface area (Å²) in [6, 6.07) is 6.28. The molecule has 1 aromatic heterocycles. The Morgan fingerprint density at radius 2 is 2.00 bits per heavy atom. The van der Waals surface area contributed by atoms with Gasteiger partial charge in [0.2, 0.25) is 5.91 Å².